The molecular formula is C13H10O2S. The van der Waals surface area contributed by atoms with Gasteiger partial charge in [-0.15, -0.1) is 12.6 Å². The van der Waals surface area contributed by atoms with E-state index in [1.807, 2.05) is 24.3 Å². The van der Waals surface area contributed by atoms with Gasteiger partial charge in [-0.25, -0.2) is 4.79 Å². The Morgan fingerprint density at radius 2 is 1.31 bits per heavy atom. The summed E-state index contributed by atoms with van der Waals surface area (Å²) in [6, 6.07) is 14.5. The quantitative estimate of drug-likeness (QED) is 0.776. The van der Waals surface area contributed by atoms with Crippen LogP contribution in [-0.4, -0.2) is 11.1 Å². The summed E-state index contributed by atoms with van der Waals surface area (Å²) in [5.74, 6) is -0.905. The average Bonchev–Trinajstić information content (AvgIpc) is 2.30. The number of carboxylic acids is 1. The van der Waals surface area contributed by atoms with E-state index >= 15 is 0 Å². The first-order valence-corrected chi connectivity index (χ1v) is 5.24. The zero-order valence-corrected chi connectivity index (χ0v) is 9.32. The molecule has 3 heteroatoms. The summed E-state index contributed by atoms with van der Waals surface area (Å²) >= 11 is 4.21. The maximum Gasteiger partial charge on any atom is 0.335 e. The molecule has 2 aromatic rings. The van der Waals surface area contributed by atoms with Crippen LogP contribution in [0.15, 0.2) is 53.4 Å². The fourth-order valence-corrected chi connectivity index (χ4v) is 1.61. The van der Waals surface area contributed by atoms with Crippen LogP contribution in [0.4, 0.5) is 0 Å². The van der Waals surface area contributed by atoms with Crippen LogP contribution in [-0.2, 0) is 0 Å². The molecule has 0 fully saturated rings. The van der Waals surface area contributed by atoms with Crippen molar-refractivity contribution in [2.45, 2.75) is 4.90 Å². The molecule has 0 aromatic heterocycles. The molecule has 0 aliphatic rings. The second kappa shape index (κ2) is 4.41. The number of benzene rings is 2. The Morgan fingerprint density at radius 3 is 1.75 bits per heavy atom. The molecule has 0 atom stereocenters. The molecule has 16 heavy (non-hydrogen) atoms. The lowest BCUT2D eigenvalue weighted by Gasteiger charge is -2.02. The Kier molecular flexibility index (Phi) is 2.97. The number of rotatable bonds is 2. The molecule has 0 spiro atoms. The highest BCUT2D eigenvalue weighted by molar-refractivity contribution is 7.80. The molecule has 0 aliphatic carbocycles. The van der Waals surface area contributed by atoms with Crippen molar-refractivity contribution in [1.82, 2.24) is 0 Å². The van der Waals surface area contributed by atoms with Crippen molar-refractivity contribution >= 4 is 18.6 Å². The van der Waals surface area contributed by atoms with Gasteiger partial charge in [0, 0.05) is 4.90 Å². The third kappa shape index (κ3) is 2.25. The van der Waals surface area contributed by atoms with E-state index in [9.17, 15) is 4.79 Å². The van der Waals surface area contributed by atoms with Gasteiger partial charge in [-0.05, 0) is 35.4 Å². The van der Waals surface area contributed by atoms with Gasteiger partial charge in [-0.2, -0.15) is 0 Å². The zero-order valence-electron chi connectivity index (χ0n) is 8.42. The smallest absolute Gasteiger partial charge is 0.335 e. The van der Waals surface area contributed by atoms with E-state index in [1.165, 1.54) is 0 Å². The highest BCUT2D eigenvalue weighted by Crippen LogP contribution is 2.21. The van der Waals surface area contributed by atoms with Crippen molar-refractivity contribution < 1.29 is 9.90 Å². The highest BCUT2D eigenvalue weighted by atomic mass is 32.1. The topological polar surface area (TPSA) is 37.3 Å². The molecular weight excluding hydrogens is 220 g/mol. The first kappa shape index (κ1) is 10.8. The summed E-state index contributed by atoms with van der Waals surface area (Å²) in [4.78, 5) is 11.6. The number of aromatic carboxylic acids is 1. The molecule has 0 aliphatic heterocycles. The predicted molar refractivity (Wildman–Crippen MR) is 66.1 cm³/mol. The van der Waals surface area contributed by atoms with Gasteiger partial charge in [0.1, 0.15) is 0 Å². The normalized spacial score (nSPS) is 10.1. The Morgan fingerprint density at radius 1 is 0.875 bits per heavy atom. The lowest BCUT2D eigenvalue weighted by molar-refractivity contribution is 0.0697. The summed E-state index contributed by atoms with van der Waals surface area (Å²) in [7, 11) is 0. The fraction of sp³-hybridized carbons (Fsp3) is 0. The Balaban J connectivity index is 2.34. The maximum absolute atomic E-state index is 10.7. The summed E-state index contributed by atoms with van der Waals surface area (Å²) in [5.41, 5.74) is 2.35. The van der Waals surface area contributed by atoms with Crippen LogP contribution in [0.5, 0.6) is 0 Å². The summed E-state index contributed by atoms with van der Waals surface area (Å²) < 4.78 is 0. The van der Waals surface area contributed by atoms with Gasteiger partial charge in [-0.3, -0.25) is 0 Å². The number of carbonyl (C=O) groups is 1. The fourth-order valence-electron chi connectivity index (χ4n) is 1.46. The van der Waals surface area contributed by atoms with Crippen LogP contribution >= 0.6 is 12.6 Å². The number of hydrogen-bond donors (Lipinski definition) is 2. The van der Waals surface area contributed by atoms with Gasteiger partial charge >= 0.3 is 5.97 Å². The van der Waals surface area contributed by atoms with Gasteiger partial charge in [0.15, 0.2) is 0 Å². The minimum atomic E-state index is -0.905. The maximum atomic E-state index is 10.7. The summed E-state index contributed by atoms with van der Waals surface area (Å²) in [6.45, 7) is 0. The lowest BCUT2D eigenvalue weighted by atomic mass is 10.0. The van der Waals surface area contributed by atoms with Crippen LogP contribution in [0, 0.1) is 0 Å². The van der Waals surface area contributed by atoms with E-state index in [-0.39, 0.29) is 0 Å². The van der Waals surface area contributed by atoms with E-state index in [4.69, 9.17) is 5.11 Å². The first-order valence-electron chi connectivity index (χ1n) is 4.79. The van der Waals surface area contributed by atoms with Crippen molar-refractivity contribution in [3.05, 3.63) is 54.1 Å². The molecule has 2 rings (SSSR count). The third-order valence-electron chi connectivity index (χ3n) is 2.33. The molecule has 0 radical (unpaired) electrons. The molecule has 0 bridgehead atoms. The molecule has 2 nitrogen and oxygen atoms in total. The van der Waals surface area contributed by atoms with Gasteiger partial charge in [0.25, 0.3) is 0 Å². The van der Waals surface area contributed by atoms with Crippen molar-refractivity contribution in [2.24, 2.45) is 0 Å². The monoisotopic (exact) mass is 230 g/mol. The van der Waals surface area contributed by atoms with E-state index in [2.05, 4.69) is 12.6 Å². The summed E-state index contributed by atoms with van der Waals surface area (Å²) in [6.07, 6.45) is 0. The largest absolute Gasteiger partial charge is 0.478 e. The molecule has 0 amide bonds. The van der Waals surface area contributed by atoms with E-state index < -0.39 is 5.97 Å². The summed E-state index contributed by atoms with van der Waals surface area (Å²) in [5, 5.41) is 8.77. The van der Waals surface area contributed by atoms with Gasteiger partial charge < -0.3 is 5.11 Å². The molecule has 0 saturated carbocycles. The van der Waals surface area contributed by atoms with Gasteiger partial charge in [0.05, 0.1) is 5.56 Å². The number of carboxylic acid groups (broad SMARTS) is 1. The second-order valence-corrected chi connectivity index (χ2v) is 3.95. The van der Waals surface area contributed by atoms with Crippen molar-refractivity contribution in [3.63, 3.8) is 0 Å². The van der Waals surface area contributed by atoms with Crippen LogP contribution in [0.3, 0.4) is 0 Å². The molecule has 1 N–H and O–H groups in total. The minimum absolute atomic E-state index is 0.301. The van der Waals surface area contributed by atoms with Crippen molar-refractivity contribution in [1.29, 1.82) is 0 Å². The van der Waals surface area contributed by atoms with Crippen LogP contribution in [0.1, 0.15) is 10.4 Å². The van der Waals surface area contributed by atoms with Crippen LogP contribution in [0.2, 0.25) is 0 Å². The predicted octanol–water partition coefficient (Wildman–Crippen LogP) is 3.34. The number of hydrogen-bond acceptors (Lipinski definition) is 2. The zero-order chi connectivity index (χ0) is 11.5. The SMILES string of the molecule is O=C(O)c1ccc(-c2ccc(S)cc2)cc1. The standard InChI is InChI=1S/C13H10O2S/c14-13(15)11-3-1-9(2-4-11)10-5-7-12(16)8-6-10/h1-8,16H,(H,14,15). The van der Waals surface area contributed by atoms with Crippen LogP contribution in [0.25, 0.3) is 11.1 Å². The number of thiol groups is 1. The molecule has 0 saturated heterocycles. The highest BCUT2D eigenvalue weighted by Gasteiger charge is 2.02. The van der Waals surface area contributed by atoms with Crippen molar-refractivity contribution in [3.8, 4) is 11.1 Å². The lowest BCUT2D eigenvalue weighted by Crippen LogP contribution is -1.94. The van der Waals surface area contributed by atoms with Gasteiger partial charge in [-0.1, -0.05) is 24.3 Å². The van der Waals surface area contributed by atoms with Gasteiger partial charge in [0.2, 0.25) is 0 Å². The molecule has 0 heterocycles. The second-order valence-electron chi connectivity index (χ2n) is 3.43. The molecule has 80 valence electrons. The average molecular weight is 230 g/mol. The molecule has 0 unspecified atom stereocenters. The Labute approximate surface area is 99.0 Å². The minimum Gasteiger partial charge on any atom is -0.478 e. The van der Waals surface area contributed by atoms with E-state index in [1.54, 1.807) is 24.3 Å². The Bertz CT molecular complexity index is 500. The Hall–Kier alpha value is -1.74. The van der Waals surface area contributed by atoms with Crippen molar-refractivity contribution in [2.75, 3.05) is 0 Å². The van der Waals surface area contributed by atoms with Crippen LogP contribution < -0.4 is 0 Å². The van der Waals surface area contributed by atoms with E-state index in [0.717, 1.165) is 16.0 Å². The molecule has 2 aromatic carbocycles. The third-order valence-corrected chi connectivity index (χ3v) is 2.63. The van der Waals surface area contributed by atoms with E-state index in [0.29, 0.717) is 5.56 Å². The first-order chi connectivity index (χ1) is 7.66.